The zero-order valence-electron chi connectivity index (χ0n) is 12.0. The second-order valence-electron chi connectivity index (χ2n) is 5.06. The number of nitrogens with zero attached hydrogens (tertiary/aromatic N) is 2. The molecule has 2 aromatic rings. The lowest BCUT2D eigenvalue weighted by Gasteiger charge is -2.21. The molecule has 0 saturated heterocycles. The molecule has 6 heteroatoms. The van der Waals surface area contributed by atoms with Crippen LogP contribution in [-0.4, -0.2) is 15.5 Å². The molecule has 1 heterocycles. The minimum atomic E-state index is -0.462. The SMILES string of the molecule is CCC(Cl)c1nc2ccccc2c(=O)n1C(C)CC(N)=O. The molecule has 1 amide bonds. The number of halogens is 1. The van der Waals surface area contributed by atoms with Crippen LogP contribution < -0.4 is 11.3 Å². The van der Waals surface area contributed by atoms with Crippen molar-refractivity contribution < 1.29 is 4.79 Å². The van der Waals surface area contributed by atoms with Crippen LogP contribution in [-0.2, 0) is 4.79 Å². The van der Waals surface area contributed by atoms with Crippen LogP contribution in [0.3, 0.4) is 0 Å². The Kier molecular flexibility index (Phi) is 4.63. The molecule has 0 radical (unpaired) electrons. The van der Waals surface area contributed by atoms with Gasteiger partial charge in [-0.2, -0.15) is 0 Å². The maximum atomic E-state index is 12.7. The molecular formula is C15H18ClN3O2. The summed E-state index contributed by atoms with van der Waals surface area (Å²) >= 11 is 6.31. The van der Waals surface area contributed by atoms with E-state index in [1.54, 1.807) is 25.1 Å². The molecule has 2 N–H and O–H groups in total. The number of rotatable bonds is 5. The number of aromatic nitrogens is 2. The van der Waals surface area contributed by atoms with Crippen molar-refractivity contribution in [3.63, 3.8) is 0 Å². The fourth-order valence-corrected chi connectivity index (χ4v) is 2.53. The normalized spacial score (nSPS) is 14.0. The first-order valence-electron chi connectivity index (χ1n) is 6.89. The average Bonchev–Trinajstić information content (AvgIpc) is 2.45. The standard InChI is InChI=1S/C15H18ClN3O2/c1-3-11(16)14-18-12-7-5-4-6-10(12)15(21)19(14)9(2)8-13(17)20/h4-7,9,11H,3,8H2,1-2H3,(H2,17,20). The van der Waals surface area contributed by atoms with E-state index in [0.717, 1.165) is 0 Å². The molecule has 0 aliphatic heterocycles. The molecule has 5 nitrogen and oxygen atoms in total. The molecule has 0 spiro atoms. The number of carbonyl (C=O) groups excluding carboxylic acids is 1. The van der Waals surface area contributed by atoms with Gasteiger partial charge in [-0.15, -0.1) is 11.6 Å². The van der Waals surface area contributed by atoms with E-state index in [2.05, 4.69) is 4.98 Å². The van der Waals surface area contributed by atoms with Crippen LogP contribution >= 0.6 is 11.6 Å². The number of para-hydroxylation sites is 1. The second kappa shape index (κ2) is 6.26. The number of benzene rings is 1. The van der Waals surface area contributed by atoms with Gasteiger partial charge < -0.3 is 5.73 Å². The molecule has 112 valence electrons. The van der Waals surface area contributed by atoms with Crippen LogP contribution in [0.25, 0.3) is 10.9 Å². The van der Waals surface area contributed by atoms with Crippen molar-refractivity contribution in [2.24, 2.45) is 5.73 Å². The van der Waals surface area contributed by atoms with E-state index < -0.39 is 11.3 Å². The maximum Gasteiger partial charge on any atom is 0.261 e. The number of hydrogen-bond donors (Lipinski definition) is 1. The van der Waals surface area contributed by atoms with E-state index in [1.165, 1.54) is 4.57 Å². The highest BCUT2D eigenvalue weighted by atomic mass is 35.5. The van der Waals surface area contributed by atoms with Gasteiger partial charge in [0.1, 0.15) is 5.82 Å². The lowest BCUT2D eigenvalue weighted by Crippen LogP contribution is -2.31. The van der Waals surface area contributed by atoms with E-state index in [-0.39, 0.29) is 18.0 Å². The van der Waals surface area contributed by atoms with Crippen LogP contribution in [0.15, 0.2) is 29.1 Å². The van der Waals surface area contributed by atoms with E-state index in [0.29, 0.717) is 23.1 Å². The van der Waals surface area contributed by atoms with Crippen LogP contribution in [0.2, 0.25) is 0 Å². The largest absolute Gasteiger partial charge is 0.370 e. The van der Waals surface area contributed by atoms with Gasteiger partial charge in [0.2, 0.25) is 5.91 Å². The summed E-state index contributed by atoms with van der Waals surface area (Å²) in [5.41, 5.74) is 5.66. The zero-order chi connectivity index (χ0) is 15.6. The predicted octanol–water partition coefficient (Wildman–Crippen LogP) is 2.52. The Morgan fingerprint density at radius 2 is 2.10 bits per heavy atom. The first-order chi connectivity index (χ1) is 9.95. The molecule has 1 aromatic carbocycles. The number of primary amides is 1. The fraction of sp³-hybridized carbons (Fsp3) is 0.400. The Hall–Kier alpha value is -1.88. The van der Waals surface area contributed by atoms with Gasteiger partial charge in [0, 0.05) is 12.5 Å². The summed E-state index contributed by atoms with van der Waals surface area (Å²) in [6.07, 6.45) is 0.704. The molecule has 2 unspecified atom stereocenters. The van der Waals surface area contributed by atoms with E-state index in [1.807, 2.05) is 13.0 Å². The Morgan fingerprint density at radius 1 is 1.43 bits per heavy atom. The van der Waals surface area contributed by atoms with Crippen LogP contribution in [0.5, 0.6) is 0 Å². The van der Waals surface area contributed by atoms with Crippen LogP contribution in [0.1, 0.15) is 43.9 Å². The maximum absolute atomic E-state index is 12.7. The van der Waals surface area contributed by atoms with Gasteiger partial charge in [0.15, 0.2) is 0 Å². The highest BCUT2D eigenvalue weighted by Crippen LogP contribution is 2.25. The fourth-order valence-electron chi connectivity index (χ4n) is 2.38. The zero-order valence-corrected chi connectivity index (χ0v) is 12.8. The minimum absolute atomic E-state index is 0.0697. The van der Waals surface area contributed by atoms with Gasteiger partial charge in [-0.3, -0.25) is 14.2 Å². The Morgan fingerprint density at radius 3 is 2.71 bits per heavy atom. The highest BCUT2D eigenvalue weighted by molar-refractivity contribution is 6.20. The quantitative estimate of drug-likeness (QED) is 0.862. The molecule has 1 aromatic heterocycles. The molecule has 0 bridgehead atoms. The monoisotopic (exact) mass is 307 g/mol. The number of amides is 1. The number of hydrogen-bond acceptors (Lipinski definition) is 3. The Balaban J connectivity index is 2.72. The van der Waals surface area contributed by atoms with Crippen molar-refractivity contribution >= 4 is 28.4 Å². The molecule has 0 aliphatic rings. The highest BCUT2D eigenvalue weighted by Gasteiger charge is 2.21. The second-order valence-corrected chi connectivity index (χ2v) is 5.58. The number of alkyl halides is 1. The molecule has 0 aliphatic carbocycles. The van der Waals surface area contributed by atoms with E-state index >= 15 is 0 Å². The van der Waals surface area contributed by atoms with Gasteiger partial charge in [-0.05, 0) is 25.5 Å². The van der Waals surface area contributed by atoms with Crippen LogP contribution in [0.4, 0.5) is 0 Å². The van der Waals surface area contributed by atoms with Gasteiger partial charge in [-0.1, -0.05) is 19.1 Å². The summed E-state index contributed by atoms with van der Waals surface area (Å²) in [4.78, 5) is 28.4. The van der Waals surface area contributed by atoms with Gasteiger partial charge in [0.05, 0.1) is 16.3 Å². The summed E-state index contributed by atoms with van der Waals surface area (Å²) in [7, 11) is 0. The van der Waals surface area contributed by atoms with Crippen molar-refractivity contribution in [1.82, 2.24) is 9.55 Å². The summed E-state index contributed by atoms with van der Waals surface area (Å²) in [6.45, 7) is 3.69. The summed E-state index contributed by atoms with van der Waals surface area (Å²) in [5.74, 6) is 0.0211. The van der Waals surface area contributed by atoms with Crippen molar-refractivity contribution in [2.75, 3.05) is 0 Å². The molecule has 2 atom stereocenters. The number of fused-ring (bicyclic) bond motifs is 1. The Bertz CT molecular complexity index is 726. The molecule has 2 rings (SSSR count). The predicted molar refractivity (Wildman–Crippen MR) is 83.4 cm³/mol. The average molecular weight is 308 g/mol. The first kappa shape index (κ1) is 15.5. The lowest BCUT2D eigenvalue weighted by atomic mass is 10.1. The molecule has 0 fully saturated rings. The summed E-state index contributed by atoms with van der Waals surface area (Å²) in [5, 5.41) is 0.121. The third-order valence-electron chi connectivity index (χ3n) is 3.41. The van der Waals surface area contributed by atoms with E-state index in [9.17, 15) is 9.59 Å². The van der Waals surface area contributed by atoms with Crippen LogP contribution in [0, 0.1) is 0 Å². The molecule has 0 saturated carbocycles. The third-order valence-corrected chi connectivity index (χ3v) is 3.91. The van der Waals surface area contributed by atoms with Crippen molar-refractivity contribution in [3.8, 4) is 0 Å². The summed E-state index contributed by atoms with van der Waals surface area (Å²) < 4.78 is 1.49. The van der Waals surface area contributed by atoms with E-state index in [4.69, 9.17) is 17.3 Å². The van der Waals surface area contributed by atoms with Crippen molar-refractivity contribution in [3.05, 3.63) is 40.4 Å². The van der Waals surface area contributed by atoms with Gasteiger partial charge in [-0.25, -0.2) is 4.98 Å². The summed E-state index contributed by atoms with van der Waals surface area (Å²) in [6, 6.07) is 6.73. The minimum Gasteiger partial charge on any atom is -0.370 e. The van der Waals surface area contributed by atoms with Gasteiger partial charge in [0.25, 0.3) is 5.56 Å². The topological polar surface area (TPSA) is 78.0 Å². The Labute approximate surface area is 127 Å². The lowest BCUT2D eigenvalue weighted by molar-refractivity contribution is -0.118. The molecular weight excluding hydrogens is 290 g/mol. The first-order valence-corrected chi connectivity index (χ1v) is 7.32. The van der Waals surface area contributed by atoms with Crippen molar-refractivity contribution in [2.45, 2.75) is 38.1 Å². The van der Waals surface area contributed by atoms with Crippen molar-refractivity contribution in [1.29, 1.82) is 0 Å². The smallest absolute Gasteiger partial charge is 0.261 e. The number of nitrogens with two attached hydrogens (primary N) is 1. The molecule has 21 heavy (non-hydrogen) atoms. The third kappa shape index (κ3) is 3.08. The van der Waals surface area contributed by atoms with Gasteiger partial charge >= 0.3 is 0 Å². The number of carbonyl (C=O) groups is 1.